The maximum absolute atomic E-state index is 13.3. The van der Waals surface area contributed by atoms with Crippen LogP contribution in [-0.2, 0) is 31.0 Å². The molecule has 32 heavy (non-hydrogen) atoms. The van der Waals surface area contributed by atoms with Gasteiger partial charge in [0.05, 0.1) is 0 Å². The number of carbonyl (C=O) groups is 2. The Balaban J connectivity index is 2.07. The fourth-order valence-corrected chi connectivity index (χ4v) is 4.73. The first-order valence-corrected chi connectivity index (χ1v) is 11.5. The number of hydrogen-bond donors (Lipinski definition) is 0. The molecule has 0 aliphatic carbocycles. The van der Waals surface area contributed by atoms with Crippen molar-refractivity contribution < 1.29 is 35.9 Å². The summed E-state index contributed by atoms with van der Waals surface area (Å²) in [6.07, 6.45) is -1.30. The molecular weight excluding hydrogens is 478 g/mol. The first kappa shape index (κ1) is 25.9. The number of halogens is 6. The molecule has 2 rings (SSSR count). The highest BCUT2D eigenvalue weighted by atomic mass is 32.2. The summed E-state index contributed by atoms with van der Waals surface area (Å²) < 4.78 is 86.2. The second-order valence-corrected chi connectivity index (χ2v) is 9.78. The van der Waals surface area contributed by atoms with Gasteiger partial charge in [-0.15, -0.1) is 0 Å². The molecule has 2 aromatic carbocycles. The van der Waals surface area contributed by atoms with Crippen molar-refractivity contribution in [3.05, 3.63) is 60.2 Å². The molecule has 0 aromatic heterocycles. The van der Waals surface area contributed by atoms with Crippen molar-refractivity contribution in [2.24, 2.45) is 8.73 Å². The van der Waals surface area contributed by atoms with Gasteiger partial charge in [-0.2, -0.15) is 35.1 Å². The number of carbonyl (C=O) groups excluding carboxylic acids is 2. The molecule has 2 unspecified atom stereocenters. The quantitative estimate of drug-likeness (QED) is 0.442. The van der Waals surface area contributed by atoms with Gasteiger partial charge in [0.2, 0.25) is 0 Å². The van der Waals surface area contributed by atoms with E-state index < -0.39 is 57.1 Å². The average molecular weight is 496 g/mol. The van der Waals surface area contributed by atoms with Gasteiger partial charge < -0.3 is 0 Å². The topological polar surface area (TPSA) is 58.9 Å². The molecule has 174 valence electrons. The number of benzene rings is 2. The van der Waals surface area contributed by atoms with Crippen LogP contribution in [0, 0.1) is 6.92 Å². The molecule has 0 bridgehead atoms. The molecule has 0 saturated carbocycles. The number of aryl methyl sites for hydroxylation is 1. The van der Waals surface area contributed by atoms with Gasteiger partial charge in [-0.25, -0.2) is 0 Å². The molecule has 0 aliphatic heterocycles. The van der Waals surface area contributed by atoms with Crippen LogP contribution in [0.2, 0.25) is 0 Å². The summed E-state index contributed by atoms with van der Waals surface area (Å²) >= 11 is 0. The summed E-state index contributed by atoms with van der Waals surface area (Å²) in [4.78, 5) is 23.5. The van der Waals surface area contributed by atoms with Gasteiger partial charge in [-0.1, -0.05) is 35.9 Å². The Labute approximate surface area is 185 Å². The molecule has 4 nitrogen and oxygen atoms in total. The zero-order valence-electron chi connectivity index (χ0n) is 16.6. The Hall–Kier alpha value is -2.34. The smallest absolute Gasteiger partial charge is 0.272 e. The minimum absolute atomic E-state index is 0.181. The number of amides is 2. The largest absolute Gasteiger partial charge is 0.457 e. The zero-order chi connectivity index (χ0) is 23.9. The molecule has 0 aliphatic rings. The lowest BCUT2D eigenvalue weighted by Gasteiger charge is -2.12. The predicted octanol–water partition coefficient (Wildman–Crippen LogP) is 6.28. The summed E-state index contributed by atoms with van der Waals surface area (Å²) in [6, 6.07) is 12.1. The molecule has 0 heterocycles. The summed E-state index contributed by atoms with van der Waals surface area (Å²) in [6.45, 7) is 1.70. The molecular formula is C20H18F6N2O2S2. The Morgan fingerprint density at radius 3 is 1.53 bits per heavy atom. The lowest BCUT2D eigenvalue weighted by Crippen LogP contribution is -2.18. The van der Waals surface area contributed by atoms with Gasteiger partial charge >= 0.3 is 11.0 Å². The number of nitrogens with zero attached hydrogens (tertiary/aromatic N) is 2. The van der Waals surface area contributed by atoms with Crippen LogP contribution in [0.5, 0.6) is 0 Å². The molecule has 2 aromatic rings. The molecule has 0 radical (unpaired) electrons. The van der Waals surface area contributed by atoms with Gasteiger partial charge in [0.25, 0.3) is 11.8 Å². The standard InChI is InChI=1S/C20H18F6N2O2S2/c1-14-10-12-16(13-11-14)32(20(24,25)26)28-18(30)9-5-8-17(29)27-31(19(21,22)23)15-6-3-2-4-7-15/h2-4,6-7,10-13H,5,8-9H2,1H3. The molecule has 2 amide bonds. The van der Waals surface area contributed by atoms with Crippen molar-refractivity contribution >= 4 is 33.2 Å². The second kappa shape index (κ2) is 11.0. The lowest BCUT2D eigenvalue weighted by atomic mass is 10.2. The van der Waals surface area contributed by atoms with Crippen LogP contribution in [0.15, 0.2) is 73.1 Å². The molecule has 0 spiro atoms. The highest BCUT2D eigenvalue weighted by Crippen LogP contribution is 2.30. The van der Waals surface area contributed by atoms with Crippen molar-refractivity contribution in [2.45, 2.75) is 47.0 Å². The number of rotatable bonds is 6. The Morgan fingerprint density at radius 2 is 1.12 bits per heavy atom. The molecule has 12 heteroatoms. The third kappa shape index (κ3) is 7.97. The monoisotopic (exact) mass is 496 g/mol. The van der Waals surface area contributed by atoms with Crippen LogP contribution in [0.25, 0.3) is 0 Å². The van der Waals surface area contributed by atoms with Crippen LogP contribution in [-0.4, -0.2) is 22.8 Å². The SMILES string of the molecule is Cc1ccc(S(=NC(=O)CCCC(=O)N=S(c2ccccc2)C(F)(F)F)C(F)(F)F)cc1. The van der Waals surface area contributed by atoms with Gasteiger partial charge in [0.15, 0.2) is 0 Å². The van der Waals surface area contributed by atoms with E-state index >= 15 is 0 Å². The summed E-state index contributed by atoms with van der Waals surface area (Å²) in [7, 11) is -5.36. The third-order valence-corrected chi connectivity index (χ3v) is 6.90. The van der Waals surface area contributed by atoms with E-state index in [2.05, 4.69) is 8.73 Å². The Morgan fingerprint density at radius 1 is 0.719 bits per heavy atom. The van der Waals surface area contributed by atoms with Crippen molar-refractivity contribution in [3.8, 4) is 0 Å². The van der Waals surface area contributed by atoms with Crippen molar-refractivity contribution in [1.82, 2.24) is 0 Å². The Kier molecular flexibility index (Phi) is 8.90. The molecule has 0 fully saturated rings. The van der Waals surface area contributed by atoms with Crippen LogP contribution >= 0.6 is 0 Å². The highest BCUT2D eigenvalue weighted by Gasteiger charge is 2.37. The van der Waals surface area contributed by atoms with Crippen molar-refractivity contribution in [2.75, 3.05) is 0 Å². The summed E-state index contributed by atoms with van der Waals surface area (Å²) in [5, 5.41) is 0. The lowest BCUT2D eigenvalue weighted by molar-refractivity contribution is -0.119. The maximum Gasteiger partial charge on any atom is 0.457 e. The first-order valence-electron chi connectivity index (χ1n) is 9.11. The van der Waals surface area contributed by atoms with Crippen molar-refractivity contribution in [3.63, 3.8) is 0 Å². The van der Waals surface area contributed by atoms with Gasteiger partial charge in [-0.05, 0) is 37.6 Å². The van der Waals surface area contributed by atoms with E-state index in [1.807, 2.05) is 0 Å². The fraction of sp³-hybridized carbons (Fsp3) is 0.300. The van der Waals surface area contributed by atoms with Crippen LogP contribution in [0.4, 0.5) is 26.3 Å². The third-order valence-electron chi connectivity index (χ3n) is 3.82. The van der Waals surface area contributed by atoms with E-state index in [0.717, 1.165) is 5.56 Å². The van der Waals surface area contributed by atoms with Crippen LogP contribution in [0.3, 0.4) is 0 Å². The van der Waals surface area contributed by atoms with E-state index in [1.54, 1.807) is 6.92 Å². The zero-order valence-corrected chi connectivity index (χ0v) is 18.2. The first-order chi connectivity index (χ1) is 14.9. The van der Waals surface area contributed by atoms with Gasteiger partial charge in [0.1, 0.15) is 0 Å². The predicted molar refractivity (Wildman–Crippen MR) is 110 cm³/mol. The number of alkyl halides is 6. The van der Waals surface area contributed by atoms with E-state index in [1.165, 1.54) is 54.6 Å². The summed E-state index contributed by atoms with van der Waals surface area (Å²) in [5.74, 6) is -2.17. The van der Waals surface area contributed by atoms with E-state index in [9.17, 15) is 35.9 Å². The van der Waals surface area contributed by atoms with E-state index in [0.29, 0.717) is 0 Å². The molecule has 0 saturated heterocycles. The maximum atomic E-state index is 13.3. The Bertz CT molecular complexity index is 1020. The van der Waals surface area contributed by atoms with Gasteiger partial charge in [0, 0.05) is 44.0 Å². The van der Waals surface area contributed by atoms with Crippen LogP contribution in [0.1, 0.15) is 24.8 Å². The minimum Gasteiger partial charge on any atom is -0.272 e. The number of hydrogen-bond acceptors (Lipinski definition) is 2. The van der Waals surface area contributed by atoms with E-state index in [-0.39, 0.29) is 16.2 Å². The average Bonchev–Trinajstić information content (AvgIpc) is 2.70. The van der Waals surface area contributed by atoms with Crippen LogP contribution < -0.4 is 0 Å². The second-order valence-electron chi connectivity index (χ2n) is 6.41. The highest BCUT2D eigenvalue weighted by molar-refractivity contribution is 7.88. The molecule has 2 atom stereocenters. The summed E-state index contributed by atoms with van der Waals surface area (Å²) in [5.41, 5.74) is -8.80. The van der Waals surface area contributed by atoms with Crippen molar-refractivity contribution in [1.29, 1.82) is 0 Å². The normalized spacial score (nSPS) is 14.3. The molecule has 0 N–H and O–H groups in total. The fourth-order valence-electron chi connectivity index (χ4n) is 2.38. The van der Waals surface area contributed by atoms with Gasteiger partial charge in [-0.3, -0.25) is 9.59 Å². The van der Waals surface area contributed by atoms with E-state index in [4.69, 9.17) is 0 Å². The minimum atomic E-state index is -4.77.